The zero-order valence-electron chi connectivity index (χ0n) is 11.3. The summed E-state index contributed by atoms with van der Waals surface area (Å²) in [7, 11) is -3.51. The number of rotatable bonds is 3. The van der Waals surface area contributed by atoms with Crippen LogP contribution in [-0.2, 0) is 10.0 Å². The second-order valence-corrected chi connectivity index (χ2v) is 6.34. The minimum atomic E-state index is -3.51. The van der Waals surface area contributed by atoms with Crippen molar-refractivity contribution in [2.75, 3.05) is 4.72 Å². The van der Waals surface area contributed by atoms with Gasteiger partial charge in [-0.3, -0.25) is 4.72 Å². The van der Waals surface area contributed by atoms with Gasteiger partial charge in [-0.2, -0.15) is 0 Å². The standard InChI is InChI=1S/C15H17NO2S/c1-11-9-14(10-12(2)13(11)3)16-19(17,18)15-7-5-4-6-8-15/h4-10,16H,1-3H3. The molecule has 0 aliphatic heterocycles. The van der Waals surface area contributed by atoms with Gasteiger partial charge >= 0.3 is 0 Å². The molecule has 0 saturated heterocycles. The largest absolute Gasteiger partial charge is 0.280 e. The van der Waals surface area contributed by atoms with Gasteiger partial charge < -0.3 is 0 Å². The van der Waals surface area contributed by atoms with Crippen molar-refractivity contribution >= 4 is 15.7 Å². The third kappa shape index (κ3) is 2.96. The van der Waals surface area contributed by atoms with Gasteiger partial charge in [-0.15, -0.1) is 0 Å². The number of nitrogens with one attached hydrogen (secondary N) is 1. The molecule has 0 aliphatic carbocycles. The number of hydrogen-bond donors (Lipinski definition) is 1. The number of aryl methyl sites for hydroxylation is 2. The summed E-state index contributed by atoms with van der Waals surface area (Å²) in [4.78, 5) is 0.269. The number of hydrogen-bond acceptors (Lipinski definition) is 2. The average Bonchev–Trinajstić information content (AvgIpc) is 2.36. The molecule has 0 radical (unpaired) electrons. The molecule has 100 valence electrons. The Bertz CT molecular complexity index is 668. The van der Waals surface area contributed by atoms with Crippen molar-refractivity contribution < 1.29 is 8.42 Å². The molecule has 2 aromatic carbocycles. The molecule has 0 unspecified atom stereocenters. The van der Waals surface area contributed by atoms with Crippen LogP contribution in [0.2, 0.25) is 0 Å². The van der Waals surface area contributed by atoms with E-state index < -0.39 is 10.0 Å². The molecule has 0 bridgehead atoms. The van der Waals surface area contributed by atoms with Gasteiger partial charge in [-0.05, 0) is 61.7 Å². The van der Waals surface area contributed by atoms with Crippen molar-refractivity contribution in [1.29, 1.82) is 0 Å². The smallest absolute Gasteiger partial charge is 0.261 e. The third-order valence-corrected chi connectivity index (χ3v) is 4.63. The van der Waals surface area contributed by atoms with Crippen LogP contribution in [0.15, 0.2) is 47.4 Å². The Kier molecular flexibility index (Phi) is 3.62. The summed E-state index contributed by atoms with van der Waals surface area (Å²) >= 11 is 0. The lowest BCUT2D eigenvalue weighted by Crippen LogP contribution is -2.13. The number of sulfonamides is 1. The molecule has 0 fully saturated rings. The van der Waals surface area contributed by atoms with E-state index in [1.165, 1.54) is 5.56 Å². The lowest BCUT2D eigenvalue weighted by atomic mass is 10.0. The first kappa shape index (κ1) is 13.6. The van der Waals surface area contributed by atoms with Crippen LogP contribution in [0.5, 0.6) is 0 Å². The molecule has 0 heterocycles. The third-order valence-electron chi connectivity index (χ3n) is 3.23. The van der Waals surface area contributed by atoms with Gasteiger partial charge in [-0.25, -0.2) is 8.42 Å². The van der Waals surface area contributed by atoms with E-state index in [4.69, 9.17) is 0 Å². The summed E-state index contributed by atoms with van der Waals surface area (Å²) in [6.45, 7) is 5.98. The fraction of sp³-hybridized carbons (Fsp3) is 0.200. The van der Waals surface area contributed by atoms with Crippen LogP contribution in [0.1, 0.15) is 16.7 Å². The Morgan fingerprint density at radius 1 is 0.895 bits per heavy atom. The zero-order chi connectivity index (χ0) is 14.0. The molecule has 2 rings (SSSR count). The Morgan fingerprint density at radius 2 is 1.42 bits per heavy atom. The Hall–Kier alpha value is -1.81. The normalized spacial score (nSPS) is 11.3. The fourth-order valence-electron chi connectivity index (χ4n) is 1.91. The summed E-state index contributed by atoms with van der Waals surface area (Å²) in [5.41, 5.74) is 3.93. The number of benzene rings is 2. The minimum absolute atomic E-state index is 0.269. The molecule has 0 spiro atoms. The maximum absolute atomic E-state index is 12.2. The molecule has 3 nitrogen and oxygen atoms in total. The van der Waals surface area contributed by atoms with E-state index in [0.717, 1.165) is 11.1 Å². The lowest BCUT2D eigenvalue weighted by molar-refractivity contribution is 0.601. The van der Waals surface area contributed by atoms with E-state index in [0.29, 0.717) is 5.69 Å². The summed E-state index contributed by atoms with van der Waals surface area (Å²) < 4.78 is 27.0. The van der Waals surface area contributed by atoms with Gasteiger partial charge in [0.05, 0.1) is 4.90 Å². The summed E-state index contributed by atoms with van der Waals surface area (Å²) in [6, 6.07) is 12.1. The highest BCUT2D eigenvalue weighted by Crippen LogP contribution is 2.21. The molecule has 0 aromatic heterocycles. The maximum atomic E-state index is 12.2. The molecular weight excluding hydrogens is 258 g/mol. The Labute approximate surface area is 114 Å². The molecule has 2 aromatic rings. The predicted molar refractivity (Wildman–Crippen MR) is 77.9 cm³/mol. The maximum Gasteiger partial charge on any atom is 0.261 e. The van der Waals surface area contributed by atoms with E-state index in [2.05, 4.69) is 4.72 Å². The molecule has 19 heavy (non-hydrogen) atoms. The van der Waals surface area contributed by atoms with Crippen molar-refractivity contribution in [2.24, 2.45) is 0 Å². The van der Waals surface area contributed by atoms with Crippen molar-refractivity contribution in [3.8, 4) is 0 Å². The monoisotopic (exact) mass is 275 g/mol. The van der Waals surface area contributed by atoms with E-state index in [1.54, 1.807) is 30.3 Å². The van der Waals surface area contributed by atoms with Crippen LogP contribution in [0, 0.1) is 20.8 Å². The average molecular weight is 275 g/mol. The predicted octanol–water partition coefficient (Wildman–Crippen LogP) is 3.41. The van der Waals surface area contributed by atoms with Crippen LogP contribution < -0.4 is 4.72 Å². The highest BCUT2D eigenvalue weighted by molar-refractivity contribution is 7.92. The molecule has 0 amide bonds. The van der Waals surface area contributed by atoms with Gasteiger partial charge in [0.25, 0.3) is 10.0 Å². The SMILES string of the molecule is Cc1cc(NS(=O)(=O)c2ccccc2)cc(C)c1C. The van der Waals surface area contributed by atoms with Crippen LogP contribution in [0.3, 0.4) is 0 Å². The summed E-state index contributed by atoms with van der Waals surface area (Å²) in [6.07, 6.45) is 0. The fourth-order valence-corrected chi connectivity index (χ4v) is 2.97. The van der Waals surface area contributed by atoms with E-state index in [-0.39, 0.29) is 4.90 Å². The second-order valence-electron chi connectivity index (χ2n) is 4.65. The van der Waals surface area contributed by atoms with Gasteiger partial charge in [-0.1, -0.05) is 18.2 Å². The van der Waals surface area contributed by atoms with Crippen LogP contribution >= 0.6 is 0 Å². The van der Waals surface area contributed by atoms with Gasteiger partial charge in [0.1, 0.15) is 0 Å². The molecule has 0 atom stereocenters. The molecule has 0 saturated carbocycles. The van der Waals surface area contributed by atoms with Gasteiger partial charge in [0, 0.05) is 5.69 Å². The molecule has 1 N–H and O–H groups in total. The van der Waals surface area contributed by atoms with Gasteiger partial charge in [0.2, 0.25) is 0 Å². The van der Waals surface area contributed by atoms with E-state index in [9.17, 15) is 8.42 Å². The van der Waals surface area contributed by atoms with Crippen LogP contribution in [0.25, 0.3) is 0 Å². The topological polar surface area (TPSA) is 46.2 Å². The van der Waals surface area contributed by atoms with E-state index >= 15 is 0 Å². The van der Waals surface area contributed by atoms with Gasteiger partial charge in [0.15, 0.2) is 0 Å². The quantitative estimate of drug-likeness (QED) is 0.933. The number of anilines is 1. The van der Waals surface area contributed by atoms with Crippen molar-refractivity contribution in [2.45, 2.75) is 25.7 Å². The highest BCUT2D eigenvalue weighted by atomic mass is 32.2. The summed E-state index contributed by atoms with van der Waals surface area (Å²) in [5.74, 6) is 0. The van der Waals surface area contributed by atoms with Crippen molar-refractivity contribution in [1.82, 2.24) is 0 Å². The second kappa shape index (κ2) is 5.05. The van der Waals surface area contributed by atoms with Crippen molar-refractivity contribution in [3.05, 3.63) is 59.2 Å². The Balaban J connectivity index is 2.37. The van der Waals surface area contributed by atoms with E-state index in [1.807, 2.05) is 32.9 Å². The van der Waals surface area contributed by atoms with Crippen LogP contribution in [-0.4, -0.2) is 8.42 Å². The first-order valence-corrected chi connectivity index (χ1v) is 7.54. The molecule has 4 heteroatoms. The molecular formula is C15H17NO2S. The van der Waals surface area contributed by atoms with Crippen LogP contribution in [0.4, 0.5) is 5.69 Å². The van der Waals surface area contributed by atoms with Crippen molar-refractivity contribution in [3.63, 3.8) is 0 Å². The minimum Gasteiger partial charge on any atom is -0.280 e. The zero-order valence-corrected chi connectivity index (χ0v) is 12.1. The summed E-state index contributed by atoms with van der Waals surface area (Å²) in [5, 5.41) is 0. The first-order valence-electron chi connectivity index (χ1n) is 6.06. The first-order chi connectivity index (χ1) is 8.90. The Morgan fingerprint density at radius 3 is 1.95 bits per heavy atom. The molecule has 0 aliphatic rings. The lowest BCUT2D eigenvalue weighted by Gasteiger charge is -2.12. The highest BCUT2D eigenvalue weighted by Gasteiger charge is 2.14.